The van der Waals surface area contributed by atoms with Gasteiger partial charge >= 0.3 is 0 Å². The van der Waals surface area contributed by atoms with Crippen LogP contribution >= 0.6 is 12.2 Å². The highest BCUT2D eigenvalue weighted by Gasteiger charge is 2.26. The summed E-state index contributed by atoms with van der Waals surface area (Å²) < 4.78 is 37.8. The van der Waals surface area contributed by atoms with E-state index >= 15 is 0 Å². The molecule has 0 aromatic heterocycles. The lowest BCUT2D eigenvalue weighted by molar-refractivity contribution is 0.0730. The van der Waals surface area contributed by atoms with Crippen molar-refractivity contribution in [2.75, 3.05) is 38.2 Å². The first-order valence-corrected chi connectivity index (χ1v) is 13.3. The maximum absolute atomic E-state index is 12.7. The Bertz CT molecular complexity index is 1280. The number of anilines is 1. The molecular formula is C26H27N3O5S2. The third-order valence-corrected chi connectivity index (χ3v) is 7.68. The molecule has 0 aliphatic carbocycles. The molecule has 4 rings (SSSR count). The van der Waals surface area contributed by atoms with Crippen LogP contribution in [0.15, 0.2) is 83.8 Å². The van der Waals surface area contributed by atoms with E-state index in [4.69, 9.17) is 21.7 Å². The SMILES string of the molecule is O=C(NC(=S)Nc1ccc(S(=O)(=O)N2CCOCC2)cc1)c1ccc(OCCc2ccccc2)cc1. The number of thiocarbonyl (C=S) groups is 1. The van der Waals surface area contributed by atoms with E-state index in [2.05, 4.69) is 22.8 Å². The van der Waals surface area contributed by atoms with Gasteiger partial charge in [-0.05, 0) is 66.3 Å². The fraction of sp³-hybridized carbons (Fsp3) is 0.231. The van der Waals surface area contributed by atoms with Crippen molar-refractivity contribution < 1.29 is 22.7 Å². The summed E-state index contributed by atoms with van der Waals surface area (Å²) >= 11 is 5.24. The monoisotopic (exact) mass is 525 g/mol. The van der Waals surface area contributed by atoms with E-state index in [-0.39, 0.29) is 15.9 Å². The third kappa shape index (κ3) is 6.88. The van der Waals surface area contributed by atoms with Gasteiger partial charge in [0.05, 0.1) is 24.7 Å². The molecule has 1 aliphatic heterocycles. The Morgan fingerprint density at radius 3 is 2.28 bits per heavy atom. The number of hydrogen-bond acceptors (Lipinski definition) is 6. The number of nitrogens with one attached hydrogen (secondary N) is 2. The van der Waals surface area contributed by atoms with Crippen LogP contribution in [-0.2, 0) is 21.2 Å². The fourth-order valence-corrected chi connectivity index (χ4v) is 5.24. The largest absolute Gasteiger partial charge is 0.493 e. The molecule has 0 atom stereocenters. The second kappa shape index (κ2) is 12.1. The number of carbonyl (C=O) groups excluding carboxylic acids is 1. The van der Waals surface area contributed by atoms with Crippen LogP contribution in [0.3, 0.4) is 0 Å². The quantitative estimate of drug-likeness (QED) is 0.435. The molecule has 188 valence electrons. The van der Waals surface area contributed by atoms with Crippen molar-refractivity contribution in [1.82, 2.24) is 9.62 Å². The molecule has 0 saturated carbocycles. The summed E-state index contributed by atoms with van der Waals surface area (Å²) in [6.45, 7) is 1.97. The minimum absolute atomic E-state index is 0.104. The van der Waals surface area contributed by atoms with Crippen LogP contribution in [-0.4, -0.2) is 56.7 Å². The molecule has 1 heterocycles. The van der Waals surface area contributed by atoms with Crippen molar-refractivity contribution in [2.24, 2.45) is 0 Å². The van der Waals surface area contributed by atoms with Gasteiger partial charge in [0.15, 0.2) is 5.11 Å². The van der Waals surface area contributed by atoms with E-state index in [1.807, 2.05) is 18.2 Å². The second-order valence-corrected chi connectivity index (χ2v) is 10.4. The summed E-state index contributed by atoms with van der Waals surface area (Å²) in [6, 6.07) is 23.1. The molecule has 10 heteroatoms. The first-order chi connectivity index (χ1) is 17.4. The lowest BCUT2D eigenvalue weighted by atomic mass is 10.2. The summed E-state index contributed by atoms with van der Waals surface area (Å²) in [5.41, 5.74) is 2.19. The number of carbonyl (C=O) groups is 1. The van der Waals surface area contributed by atoms with Crippen LogP contribution in [0.2, 0.25) is 0 Å². The third-order valence-electron chi connectivity index (χ3n) is 5.57. The number of benzene rings is 3. The Morgan fingerprint density at radius 2 is 1.61 bits per heavy atom. The molecule has 0 spiro atoms. The number of amides is 1. The van der Waals surface area contributed by atoms with Gasteiger partial charge in [0.2, 0.25) is 10.0 Å². The van der Waals surface area contributed by atoms with Gasteiger partial charge in [-0.2, -0.15) is 4.31 Å². The first-order valence-electron chi connectivity index (χ1n) is 11.5. The van der Waals surface area contributed by atoms with Crippen LogP contribution in [0.1, 0.15) is 15.9 Å². The van der Waals surface area contributed by atoms with E-state index in [1.165, 1.54) is 22.0 Å². The van der Waals surface area contributed by atoms with Crippen molar-refractivity contribution in [3.63, 3.8) is 0 Å². The number of rotatable bonds is 8. The predicted octanol–water partition coefficient (Wildman–Crippen LogP) is 3.46. The average molecular weight is 526 g/mol. The maximum Gasteiger partial charge on any atom is 0.257 e. The van der Waals surface area contributed by atoms with Crippen LogP contribution < -0.4 is 15.4 Å². The Morgan fingerprint density at radius 1 is 0.944 bits per heavy atom. The molecule has 3 aromatic carbocycles. The molecule has 2 N–H and O–H groups in total. The maximum atomic E-state index is 12.7. The molecule has 1 saturated heterocycles. The summed E-state index contributed by atoms with van der Waals surface area (Å²) in [7, 11) is -3.57. The van der Waals surface area contributed by atoms with Crippen molar-refractivity contribution in [3.05, 3.63) is 90.0 Å². The molecule has 8 nitrogen and oxygen atoms in total. The summed E-state index contributed by atoms with van der Waals surface area (Å²) in [5.74, 6) is 0.310. The van der Waals surface area contributed by atoms with E-state index in [0.29, 0.717) is 49.9 Å². The number of ether oxygens (including phenoxy) is 2. The van der Waals surface area contributed by atoms with Crippen molar-refractivity contribution in [1.29, 1.82) is 0 Å². The van der Waals surface area contributed by atoms with Gasteiger partial charge in [0.25, 0.3) is 5.91 Å². The molecule has 1 amide bonds. The number of nitrogens with zero attached hydrogens (tertiary/aromatic N) is 1. The van der Waals surface area contributed by atoms with Gasteiger partial charge in [-0.3, -0.25) is 10.1 Å². The molecule has 1 aliphatic rings. The van der Waals surface area contributed by atoms with Crippen molar-refractivity contribution >= 4 is 38.9 Å². The van der Waals surface area contributed by atoms with Crippen LogP contribution in [0, 0.1) is 0 Å². The smallest absolute Gasteiger partial charge is 0.257 e. The lowest BCUT2D eigenvalue weighted by Gasteiger charge is -2.26. The molecular weight excluding hydrogens is 498 g/mol. The van der Waals surface area contributed by atoms with Gasteiger partial charge in [-0.25, -0.2) is 8.42 Å². The molecule has 3 aromatic rings. The highest BCUT2D eigenvalue weighted by molar-refractivity contribution is 7.89. The van der Waals surface area contributed by atoms with E-state index in [9.17, 15) is 13.2 Å². The second-order valence-electron chi connectivity index (χ2n) is 8.06. The van der Waals surface area contributed by atoms with Crippen LogP contribution in [0.4, 0.5) is 5.69 Å². The van der Waals surface area contributed by atoms with Gasteiger partial charge < -0.3 is 14.8 Å². The standard InChI is InChI=1S/C26H27N3O5S2/c30-25(21-6-10-23(11-7-21)34-17-14-20-4-2-1-3-5-20)28-26(35)27-22-8-12-24(13-9-22)36(31,32)29-15-18-33-19-16-29/h1-13H,14-19H2,(H2,27,28,30,35). The molecule has 0 bridgehead atoms. The highest BCUT2D eigenvalue weighted by atomic mass is 32.2. The Hall–Kier alpha value is -3.31. The zero-order valence-electron chi connectivity index (χ0n) is 19.6. The minimum Gasteiger partial charge on any atom is -0.493 e. The Labute approximate surface area is 216 Å². The van der Waals surface area contributed by atoms with E-state index in [1.54, 1.807) is 36.4 Å². The van der Waals surface area contributed by atoms with Crippen LogP contribution in [0.5, 0.6) is 5.75 Å². The molecule has 0 unspecified atom stereocenters. The van der Waals surface area contributed by atoms with E-state index in [0.717, 1.165) is 6.42 Å². The minimum atomic E-state index is -3.57. The van der Waals surface area contributed by atoms with Gasteiger partial charge in [0.1, 0.15) is 5.75 Å². The number of hydrogen-bond donors (Lipinski definition) is 2. The first kappa shape index (κ1) is 25.8. The highest BCUT2D eigenvalue weighted by Crippen LogP contribution is 2.19. The Balaban J connectivity index is 1.26. The Kier molecular flexibility index (Phi) is 8.65. The molecule has 36 heavy (non-hydrogen) atoms. The average Bonchev–Trinajstić information content (AvgIpc) is 2.90. The van der Waals surface area contributed by atoms with Gasteiger partial charge in [0, 0.05) is 30.8 Å². The summed E-state index contributed by atoms with van der Waals surface area (Å²) in [5, 5.41) is 5.63. The molecule has 0 radical (unpaired) electrons. The normalized spacial score (nSPS) is 14.1. The molecule has 1 fully saturated rings. The van der Waals surface area contributed by atoms with Crippen LogP contribution in [0.25, 0.3) is 0 Å². The van der Waals surface area contributed by atoms with Gasteiger partial charge in [-0.1, -0.05) is 30.3 Å². The van der Waals surface area contributed by atoms with Gasteiger partial charge in [-0.15, -0.1) is 0 Å². The predicted molar refractivity (Wildman–Crippen MR) is 142 cm³/mol. The number of morpholine rings is 1. The number of sulfonamides is 1. The van der Waals surface area contributed by atoms with E-state index < -0.39 is 10.0 Å². The zero-order chi connectivity index (χ0) is 25.4. The van der Waals surface area contributed by atoms with Crippen molar-refractivity contribution in [3.8, 4) is 5.75 Å². The zero-order valence-corrected chi connectivity index (χ0v) is 21.2. The summed E-state index contributed by atoms with van der Waals surface area (Å²) in [4.78, 5) is 12.7. The topological polar surface area (TPSA) is 97.0 Å². The summed E-state index contributed by atoms with van der Waals surface area (Å²) in [6.07, 6.45) is 0.795. The lowest BCUT2D eigenvalue weighted by Crippen LogP contribution is -2.40. The fourth-order valence-electron chi connectivity index (χ4n) is 3.62. The van der Waals surface area contributed by atoms with Crippen molar-refractivity contribution in [2.45, 2.75) is 11.3 Å².